The second-order valence-electron chi connectivity index (χ2n) is 7.18. The fourth-order valence-electron chi connectivity index (χ4n) is 3.11. The van der Waals surface area contributed by atoms with Gasteiger partial charge in [0.2, 0.25) is 0 Å². The first-order valence-corrected chi connectivity index (χ1v) is 10.9. The quantitative estimate of drug-likeness (QED) is 0.199. The molecule has 0 bridgehead atoms. The lowest BCUT2D eigenvalue weighted by Gasteiger charge is -2.14. The van der Waals surface area contributed by atoms with Crippen molar-refractivity contribution in [2.24, 2.45) is 4.99 Å². The van der Waals surface area contributed by atoms with Crippen LogP contribution in [-0.4, -0.2) is 46.0 Å². The molecule has 0 radical (unpaired) electrons. The lowest BCUT2D eigenvalue weighted by atomic mass is 10.2. The summed E-state index contributed by atoms with van der Waals surface area (Å²) in [6, 6.07) is 14.0. The van der Waals surface area contributed by atoms with E-state index in [1.54, 1.807) is 7.11 Å². The first kappa shape index (κ1) is 26.1. The minimum atomic E-state index is 0. The highest BCUT2D eigenvalue weighted by Gasteiger charge is 2.10. The Kier molecular flexibility index (Phi) is 12.0. The van der Waals surface area contributed by atoms with Crippen molar-refractivity contribution in [3.05, 3.63) is 53.6 Å². The van der Waals surface area contributed by atoms with Gasteiger partial charge in [-0.25, -0.2) is 4.99 Å². The van der Waals surface area contributed by atoms with E-state index in [2.05, 4.69) is 10.6 Å². The van der Waals surface area contributed by atoms with Gasteiger partial charge in [-0.3, -0.25) is 0 Å². The smallest absolute Gasteiger partial charge is 0.191 e. The van der Waals surface area contributed by atoms with Crippen LogP contribution < -0.4 is 24.8 Å². The van der Waals surface area contributed by atoms with E-state index < -0.39 is 0 Å². The van der Waals surface area contributed by atoms with Crippen LogP contribution in [0, 0.1) is 0 Å². The number of halogens is 1. The van der Waals surface area contributed by atoms with E-state index in [9.17, 15) is 0 Å². The zero-order valence-corrected chi connectivity index (χ0v) is 21.2. The molecule has 0 unspecified atom stereocenters. The number of aliphatic imine (C=N–C) groups is 1. The van der Waals surface area contributed by atoms with Crippen LogP contribution in [0.2, 0.25) is 0 Å². The summed E-state index contributed by atoms with van der Waals surface area (Å²) in [5.41, 5.74) is 2.23. The number of guanidine groups is 1. The topological polar surface area (TPSA) is 73.3 Å². The molecule has 1 heterocycles. The van der Waals surface area contributed by atoms with Gasteiger partial charge >= 0.3 is 0 Å². The molecule has 0 saturated carbocycles. The van der Waals surface area contributed by atoms with Crippen molar-refractivity contribution in [3.8, 4) is 17.2 Å². The number of nitrogens with one attached hydrogen (secondary N) is 2. The predicted octanol–water partition coefficient (Wildman–Crippen LogP) is 4.14. The first-order valence-electron chi connectivity index (χ1n) is 10.9. The van der Waals surface area contributed by atoms with Gasteiger partial charge in [0.05, 0.1) is 26.9 Å². The third-order valence-electron chi connectivity index (χ3n) is 4.81. The van der Waals surface area contributed by atoms with Gasteiger partial charge in [-0.2, -0.15) is 0 Å². The van der Waals surface area contributed by atoms with Crippen LogP contribution in [0.1, 0.15) is 30.9 Å². The highest BCUT2D eigenvalue weighted by atomic mass is 127. The zero-order chi connectivity index (χ0) is 21.7. The summed E-state index contributed by atoms with van der Waals surface area (Å²) < 4.78 is 22.2. The second kappa shape index (κ2) is 14.8. The van der Waals surface area contributed by atoms with Crippen molar-refractivity contribution >= 4 is 29.9 Å². The maximum absolute atomic E-state index is 5.79. The maximum atomic E-state index is 5.79. The third-order valence-corrected chi connectivity index (χ3v) is 4.81. The Morgan fingerprint density at radius 3 is 2.50 bits per heavy atom. The minimum absolute atomic E-state index is 0. The minimum Gasteiger partial charge on any atom is -0.497 e. The van der Waals surface area contributed by atoms with E-state index in [1.807, 2.05) is 49.4 Å². The van der Waals surface area contributed by atoms with Crippen LogP contribution in [0.5, 0.6) is 17.2 Å². The molecule has 7 nitrogen and oxygen atoms in total. The van der Waals surface area contributed by atoms with E-state index in [0.717, 1.165) is 66.9 Å². The molecule has 2 N–H and O–H groups in total. The second-order valence-corrected chi connectivity index (χ2v) is 7.18. The van der Waals surface area contributed by atoms with Crippen LogP contribution in [0.3, 0.4) is 0 Å². The standard InChI is InChI=1S/C24H33N3O4.HI/c1-3-29-13-4-12-25-24(26-17-19-6-9-21(28-2)10-7-19)27-18-20-8-11-22-23(16-20)31-15-5-14-30-22;/h6-11,16H,3-5,12-15,17-18H2,1-2H3,(H2,25,26,27);1H. The average Bonchev–Trinajstić information content (AvgIpc) is 3.05. The van der Waals surface area contributed by atoms with Crippen molar-refractivity contribution in [1.29, 1.82) is 0 Å². The first-order chi connectivity index (χ1) is 15.3. The van der Waals surface area contributed by atoms with E-state index in [4.69, 9.17) is 23.9 Å². The van der Waals surface area contributed by atoms with E-state index >= 15 is 0 Å². The SMILES string of the molecule is CCOCCCNC(=NCc1ccc2c(c1)OCCCO2)NCc1ccc(OC)cc1.I. The Balaban J connectivity index is 0.00000363. The highest BCUT2D eigenvalue weighted by molar-refractivity contribution is 14.0. The molecular formula is C24H34IN3O4. The Hall–Kier alpha value is -2.20. The molecule has 0 aromatic heterocycles. The van der Waals surface area contributed by atoms with E-state index in [1.165, 1.54) is 0 Å². The van der Waals surface area contributed by atoms with Crippen LogP contribution in [0.4, 0.5) is 0 Å². The normalized spacial score (nSPS) is 13.0. The molecular weight excluding hydrogens is 521 g/mol. The van der Waals surface area contributed by atoms with Gasteiger partial charge in [0, 0.05) is 32.7 Å². The Morgan fingerprint density at radius 1 is 1.00 bits per heavy atom. The number of hydrogen-bond acceptors (Lipinski definition) is 5. The number of hydrogen-bond donors (Lipinski definition) is 2. The molecule has 0 saturated heterocycles. The molecule has 0 amide bonds. The molecule has 176 valence electrons. The number of ether oxygens (including phenoxy) is 4. The maximum Gasteiger partial charge on any atom is 0.191 e. The Bertz CT molecular complexity index is 830. The van der Waals surface area contributed by atoms with Crippen LogP contribution in [-0.2, 0) is 17.8 Å². The van der Waals surface area contributed by atoms with E-state index in [0.29, 0.717) is 26.3 Å². The highest BCUT2D eigenvalue weighted by Crippen LogP contribution is 2.30. The third kappa shape index (κ3) is 8.74. The van der Waals surface area contributed by atoms with E-state index in [-0.39, 0.29) is 24.0 Å². The number of benzene rings is 2. The lowest BCUT2D eigenvalue weighted by molar-refractivity contribution is 0.145. The van der Waals surface area contributed by atoms with Crippen molar-refractivity contribution in [2.45, 2.75) is 32.9 Å². The summed E-state index contributed by atoms with van der Waals surface area (Å²) in [5.74, 6) is 3.21. The molecule has 8 heteroatoms. The summed E-state index contributed by atoms with van der Waals surface area (Å²) in [6.45, 7) is 6.84. The fraction of sp³-hybridized carbons (Fsp3) is 0.458. The summed E-state index contributed by atoms with van der Waals surface area (Å²) in [7, 11) is 1.67. The zero-order valence-electron chi connectivity index (χ0n) is 18.9. The molecule has 0 atom stereocenters. The molecule has 3 rings (SSSR count). The fourth-order valence-corrected chi connectivity index (χ4v) is 3.11. The number of nitrogens with zero attached hydrogens (tertiary/aromatic N) is 1. The Labute approximate surface area is 207 Å². The molecule has 0 fully saturated rings. The van der Waals surface area contributed by atoms with Gasteiger partial charge in [-0.05, 0) is 48.7 Å². The van der Waals surface area contributed by atoms with Crippen molar-refractivity contribution < 1.29 is 18.9 Å². The average molecular weight is 555 g/mol. The summed E-state index contributed by atoms with van der Waals surface area (Å²) in [5, 5.41) is 6.80. The number of rotatable bonds is 10. The van der Waals surface area contributed by atoms with Gasteiger partial charge in [0.25, 0.3) is 0 Å². The molecule has 2 aromatic carbocycles. The summed E-state index contributed by atoms with van der Waals surface area (Å²) >= 11 is 0. The van der Waals surface area contributed by atoms with Crippen molar-refractivity contribution in [3.63, 3.8) is 0 Å². The Morgan fingerprint density at radius 2 is 1.75 bits per heavy atom. The van der Waals surface area contributed by atoms with Gasteiger partial charge in [-0.1, -0.05) is 18.2 Å². The number of fused-ring (bicyclic) bond motifs is 1. The number of methoxy groups -OCH3 is 1. The molecule has 1 aliphatic heterocycles. The van der Waals surface area contributed by atoms with Crippen LogP contribution in [0.25, 0.3) is 0 Å². The monoisotopic (exact) mass is 555 g/mol. The van der Waals surface area contributed by atoms with Gasteiger partial charge < -0.3 is 29.6 Å². The van der Waals surface area contributed by atoms with Crippen LogP contribution in [0.15, 0.2) is 47.5 Å². The van der Waals surface area contributed by atoms with Gasteiger partial charge in [0.1, 0.15) is 5.75 Å². The molecule has 0 spiro atoms. The molecule has 32 heavy (non-hydrogen) atoms. The molecule has 1 aliphatic rings. The molecule has 2 aromatic rings. The van der Waals surface area contributed by atoms with Crippen molar-refractivity contribution in [1.82, 2.24) is 10.6 Å². The summed E-state index contributed by atoms with van der Waals surface area (Å²) in [6.07, 6.45) is 1.81. The largest absolute Gasteiger partial charge is 0.497 e. The molecule has 0 aliphatic carbocycles. The predicted molar refractivity (Wildman–Crippen MR) is 138 cm³/mol. The van der Waals surface area contributed by atoms with Gasteiger partial charge in [-0.15, -0.1) is 24.0 Å². The van der Waals surface area contributed by atoms with Crippen LogP contribution >= 0.6 is 24.0 Å². The lowest BCUT2D eigenvalue weighted by Crippen LogP contribution is -2.37. The van der Waals surface area contributed by atoms with Crippen molar-refractivity contribution in [2.75, 3.05) is 40.1 Å². The van der Waals surface area contributed by atoms with Gasteiger partial charge in [0.15, 0.2) is 17.5 Å². The summed E-state index contributed by atoms with van der Waals surface area (Å²) in [4.78, 5) is 4.77.